The first-order valence-corrected chi connectivity index (χ1v) is 7.17. The summed E-state index contributed by atoms with van der Waals surface area (Å²) in [6.45, 7) is 0. The van der Waals surface area contributed by atoms with Gasteiger partial charge in [-0.25, -0.2) is 0 Å². The third-order valence-corrected chi connectivity index (χ3v) is 4.34. The topological polar surface area (TPSA) is 3.24 Å². The molecule has 0 N–H and O–H groups in total. The summed E-state index contributed by atoms with van der Waals surface area (Å²) in [4.78, 5) is 2.36. The predicted molar refractivity (Wildman–Crippen MR) is 85.9 cm³/mol. The second-order valence-electron chi connectivity index (χ2n) is 5.48. The molecule has 0 aromatic heterocycles. The molecule has 3 aromatic rings. The Hall–Kier alpha value is -2.28. The number of hydrogen-bond donors (Lipinski definition) is 0. The van der Waals surface area contributed by atoms with Crippen LogP contribution in [-0.4, -0.2) is 7.05 Å². The van der Waals surface area contributed by atoms with E-state index in [-0.39, 0.29) is 0 Å². The first-order valence-electron chi connectivity index (χ1n) is 7.17. The molecule has 0 atom stereocenters. The molecule has 20 heavy (non-hydrogen) atoms. The van der Waals surface area contributed by atoms with Crippen molar-refractivity contribution in [3.63, 3.8) is 0 Å². The third kappa shape index (κ3) is 1.63. The minimum absolute atomic E-state index is 1.11. The van der Waals surface area contributed by atoms with E-state index >= 15 is 0 Å². The molecule has 0 bridgehead atoms. The molecule has 0 amide bonds. The van der Waals surface area contributed by atoms with Crippen molar-refractivity contribution in [3.8, 4) is 0 Å². The van der Waals surface area contributed by atoms with E-state index in [1.165, 1.54) is 33.3 Å². The maximum atomic E-state index is 2.36. The van der Waals surface area contributed by atoms with Gasteiger partial charge in [0.2, 0.25) is 0 Å². The standard InChI is InChI=1S/C19H17N/c1-20-18-9-5-3-7-15(18)11-13-16-12-10-14-6-2-4-8-17(14)19(16)20/h2-10,12H,11,13H2,1H3. The van der Waals surface area contributed by atoms with Crippen molar-refractivity contribution in [1.82, 2.24) is 0 Å². The SMILES string of the molecule is CN1c2ccccc2CCc2ccc3ccccc3c21. The second kappa shape index (κ2) is 4.38. The lowest BCUT2D eigenvalue weighted by Gasteiger charge is -2.23. The number of aryl methyl sites for hydroxylation is 2. The molecule has 0 saturated heterocycles. The van der Waals surface area contributed by atoms with Gasteiger partial charge in [0.15, 0.2) is 0 Å². The Balaban J connectivity index is 2.03. The first kappa shape index (κ1) is 11.5. The number of anilines is 2. The zero-order valence-electron chi connectivity index (χ0n) is 11.6. The summed E-state index contributed by atoms with van der Waals surface area (Å²) in [5.41, 5.74) is 5.59. The van der Waals surface area contributed by atoms with E-state index in [2.05, 4.69) is 72.6 Å². The molecule has 0 saturated carbocycles. The van der Waals surface area contributed by atoms with Gasteiger partial charge in [0, 0.05) is 18.1 Å². The maximum Gasteiger partial charge on any atom is 0.0520 e. The molecule has 1 aliphatic rings. The zero-order chi connectivity index (χ0) is 13.5. The fraction of sp³-hybridized carbons (Fsp3) is 0.158. The zero-order valence-corrected chi connectivity index (χ0v) is 11.6. The fourth-order valence-electron chi connectivity index (χ4n) is 3.34. The monoisotopic (exact) mass is 259 g/mol. The molecular formula is C19H17N. The minimum Gasteiger partial charge on any atom is -0.344 e. The number of para-hydroxylation sites is 1. The normalized spacial score (nSPS) is 13.8. The molecule has 1 aliphatic heterocycles. The molecule has 4 rings (SSSR count). The van der Waals surface area contributed by atoms with E-state index in [1.54, 1.807) is 0 Å². The van der Waals surface area contributed by atoms with E-state index in [9.17, 15) is 0 Å². The Morgan fingerprint density at radius 1 is 0.750 bits per heavy atom. The van der Waals surface area contributed by atoms with Gasteiger partial charge in [0.1, 0.15) is 0 Å². The summed E-state index contributed by atoms with van der Waals surface area (Å²) in [7, 11) is 2.19. The summed E-state index contributed by atoms with van der Waals surface area (Å²) in [5.74, 6) is 0. The van der Waals surface area contributed by atoms with Gasteiger partial charge in [-0.05, 0) is 35.4 Å². The molecule has 0 fully saturated rings. The van der Waals surface area contributed by atoms with E-state index in [1.807, 2.05) is 0 Å². The van der Waals surface area contributed by atoms with E-state index in [4.69, 9.17) is 0 Å². The van der Waals surface area contributed by atoms with Gasteiger partial charge in [-0.15, -0.1) is 0 Å². The number of fused-ring (bicyclic) bond motifs is 4. The van der Waals surface area contributed by atoms with Gasteiger partial charge in [-0.1, -0.05) is 54.6 Å². The lowest BCUT2D eigenvalue weighted by Crippen LogP contribution is -2.11. The first-order chi connectivity index (χ1) is 9.84. The van der Waals surface area contributed by atoms with Crippen LogP contribution in [0.5, 0.6) is 0 Å². The van der Waals surface area contributed by atoms with Gasteiger partial charge >= 0.3 is 0 Å². The van der Waals surface area contributed by atoms with Gasteiger partial charge in [-0.3, -0.25) is 0 Å². The van der Waals surface area contributed by atoms with Gasteiger partial charge in [0.05, 0.1) is 5.69 Å². The number of benzene rings is 3. The van der Waals surface area contributed by atoms with E-state index in [0.29, 0.717) is 0 Å². The Morgan fingerprint density at radius 3 is 2.45 bits per heavy atom. The summed E-state index contributed by atoms with van der Waals surface area (Å²) < 4.78 is 0. The van der Waals surface area contributed by atoms with Gasteiger partial charge < -0.3 is 4.90 Å². The van der Waals surface area contributed by atoms with Crippen LogP contribution in [0.25, 0.3) is 10.8 Å². The number of hydrogen-bond acceptors (Lipinski definition) is 1. The van der Waals surface area contributed by atoms with Crippen LogP contribution in [0.2, 0.25) is 0 Å². The molecule has 1 nitrogen and oxygen atoms in total. The van der Waals surface area contributed by atoms with Crippen LogP contribution < -0.4 is 4.90 Å². The molecule has 1 heterocycles. The molecule has 1 heteroatoms. The van der Waals surface area contributed by atoms with Crippen molar-refractivity contribution in [2.75, 3.05) is 11.9 Å². The van der Waals surface area contributed by atoms with E-state index in [0.717, 1.165) is 12.8 Å². The van der Waals surface area contributed by atoms with Crippen LogP contribution in [0, 0.1) is 0 Å². The van der Waals surface area contributed by atoms with Crippen molar-refractivity contribution < 1.29 is 0 Å². The second-order valence-corrected chi connectivity index (χ2v) is 5.48. The Labute approximate surface area is 119 Å². The van der Waals surface area contributed by atoms with Crippen molar-refractivity contribution in [1.29, 1.82) is 0 Å². The molecule has 0 aliphatic carbocycles. The van der Waals surface area contributed by atoms with Gasteiger partial charge in [0.25, 0.3) is 0 Å². The Morgan fingerprint density at radius 2 is 1.50 bits per heavy atom. The van der Waals surface area contributed by atoms with Crippen LogP contribution in [0.15, 0.2) is 60.7 Å². The number of rotatable bonds is 0. The number of nitrogens with zero attached hydrogens (tertiary/aromatic N) is 1. The Bertz CT molecular complexity index is 789. The van der Waals surface area contributed by atoms with Crippen LogP contribution in [0.4, 0.5) is 11.4 Å². The van der Waals surface area contributed by atoms with Gasteiger partial charge in [-0.2, -0.15) is 0 Å². The molecule has 0 unspecified atom stereocenters. The fourth-order valence-corrected chi connectivity index (χ4v) is 3.34. The molecule has 98 valence electrons. The highest BCUT2D eigenvalue weighted by Gasteiger charge is 2.19. The van der Waals surface area contributed by atoms with Crippen LogP contribution in [-0.2, 0) is 12.8 Å². The highest BCUT2D eigenvalue weighted by Crippen LogP contribution is 2.39. The average molecular weight is 259 g/mol. The lowest BCUT2D eigenvalue weighted by atomic mass is 10.0. The Kier molecular flexibility index (Phi) is 2.53. The summed E-state index contributed by atoms with van der Waals surface area (Å²) in [6, 6.07) is 22.0. The van der Waals surface area contributed by atoms with Crippen molar-refractivity contribution in [2.24, 2.45) is 0 Å². The van der Waals surface area contributed by atoms with Crippen molar-refractivity contribution in [3.05, 3.63) is 71.8 Å². The highest BCUT2D eigenvalue weighted by atomic mass is 15.1. The van der Waals surface area contributed by atoms with Crippen LogP contribution in [0.3, 0.4) is 0 Å². The highest BCUT2D eigenvalue weighted by molar-refractivity contribution is 5.98. The summed E-state index contributed by atoms with van der Waals surface area (Å²) in [6.07, 6.45) is 2.23. The van der Waals surface area contributed by atoms with Crippen LogP contribution in [0.1, 0.15) is 11.1 Å². The summed E-state index contributed by atoms with van der Waals surface area (Å²) in [5, 5.41) is 2.67. The largest absolute Gasteiger partial charge is 0.344 e. The maximum absolute atomic E-state index is 2.36. The van der Waals surface area contributed by atoms with Crippen molar-refractivity contribution >= 4 is 22.1 Å². The average Bonchev–Trinajstić information content (AvgIpc) is 2.65. The van der Waals surface area contributed by atoms with Crippen molar-refractivity contribution in [2.45, 2.75) is 12.8 Å². The minimum atomic E-state index is 1.11. The molecule has 0 radical (unpaired) electrons. The van der Waals surface area contributed by atoms with Crippen LogP contribution >= 0.6 is 0 Å². The molecular weight excluding hydrogens is 242 g/mol. The smallest absolute Gasteiger partial charge is 0.0520 e. The quantitative estimate of drug-likeness (QED) is 0.565. The lowest BCUT2D eigenvalue weighted by molar-refractivity contribution is 0.979. The predicted octanol–water partition coefficient (Wildman–Crippen LogP) is 4.71. The third-order valence-electron chi connectivity index (χ3n) is 4.34. The van der Waals surface area contributed by atoms with E-state index < -0.39 is 0 Å². The summed E-state index contributed by atoms with van der Waals surface area (Å²) >= 11 is 0. The molecule has 3 aromatic carbocycles. The molecule has 0 spiro atoms.